The zero-order chi connectivity index (χ0) is 25.7. The summed E-state index contributed by atoms with van der Waals surface area (Å²) >= 11 is 0. The summed E-state index contributed by atoms with van der Waals surface area (Å²) in [5.74, 6) is 0.408. The van der Waals surface area contributed by atoms with Gasteiger partial charge in [0.05, 0.1) is 32.3 Å². The van der Waals surface area contributed by atoms with E-state index in [1.54, 1.807) is 20.2 Å². The van der Waals surface area contributed by atoms with Crippen molar-refractivity contribution in [2.45, 2.75) is 57.9 Å². The lowest BCUT2D eigenvalue weighted by molar-refractivity contribution is -0.806. The normalized spacial score (nSPS) is 18.2. The third-order valence-electron chi connectivity index (χ3n) is 7.26. The highest BCUT2D eigenvalue weighted by molar-refractivity contribution is 7.85. The zero-order valence-electron chi connectivity index (χ0n) is 21.3. The van der Waals surface area contributed by atoms with E-state index in [0.29, 0.717) is 31.0 Å². The molecule has 0 aliphatic carbocycles. The number of halogens is 4. The summed E-state index contributed by atoms with van der Waals surface area (Å²) in [6.45, 7) is 7.16. The molecular formula is C24H40ClF3N3O3S+. The van der Waals surface area contributed by atoms with Gasteiger partial charge in [0.1, 0.15) is 6.29 Å². The van der Waals surface area contributed by atoms with Crippen molar-refractivity contribution in [1.82, 2.24) is 9.80 Å². The van der Waals surface area contributed by atoms with Gasteiger partial charge in [0.15, 0.2) is 6.17 Å². The molecular weight excluding hydrogens is 503 g/mol. The Labute approximate surface area is 214 Å². The van der Waals surface area contributed by atoms with Crippen LogP contribution in [0.3, 0.4) is 0 Å². The number of sulfonamides is 1. The van der Waals surface area contributed by atoms with Gasteiger partial charge in [-0.1, -0.05) is 25.1 Å². The van der Waals surface area contributed by atoms with Gasteiger partial charge in [-0.05, 0) is 50.3 Å². The average Bonchev–Trinajstić information content (AvgIpc) is 2.75. The largest absolute Gasteiger partial charge is 0.416 e. The van der Waals surface area contributed by atoms with E-state index in [2.05, 4.69) is 16.7 Å². The predicted molar refractivity (Wildman–Crippen MR) is 135 cm³/mol. The van der Waals surface area contributed by atoms with E-state index in [-0.39, 0.29) is 28.8 Å². The van der Waals surface area contributed by atoms with Gasteiger partial charge in [-0.25, -0.2) is 3.89 Å². The molecule has 1 saturated heterocycles. The molecule has 2 atom stereocenters. The molecule has 1 fully saturated rings. The van der Waals surface area contributed by atoms with Crippen molar-refractivity contribution in [2.75, 3.05) is 46.5 Å². The molecule has 0 radical (unpaired) electrons. The van der Waals surface area contributed by atoms with Crippen molar-refractivity contribution in [3.05, 3.63) is 35.4 Å². The van der Waals surface area contributed by atoms with E-state index in [0.717, 1.165) is 38.3 Å². The molecule has 1 aromatic rings. The van der Waals surface area contributed by atoms with E-state index in [1.165, 1.54) is 18.4 Å². The fourth-order valence-electron chi connectivity index (χ4n) is 4.83. The standard InChI is InChI=1S/C24H39F3N3O3S.ClH/c1-6-28(19(2)16-21-8-7-9-22(17-21)24(25,26)27)18-20-10-13-29(14-11-20)23(12-15-31)30(3,4)34(5,32)33;/h7-9,15,17,19-20,23H,6,10-14,16,18H2,1-5H3;1H/q+1;. The van der Waals surface area contributed by atoms with Crippen molar-refractivity contribution in [2.24, 2.45) is 5.92 Å². The average molecular weight is 543 g/mol. The Morgan fingerprint density at radius 2 is 1.83 bits per heavy atom. The number of alkyl halides is 3. The molecule has 1 heterocycles. The van der Waals surface area contributed by atoms with Crippen LogP contribution in [0.15, 0.2) is 24.3 Å². The first-order chi connectivity index (χ1) is 15.7. The van der Waals surface area contributed by atoms with Crippen molar-refractivity contribution < 1.29 is 30.3 Å². The number of benzene rings is 1. The minimum absolute atomic E-state index is 0. The quantitative estimate of drug-likeness (QED) is 0.312. The maximum Gasteiger partial charge on any atom is 0.416 e. The second kappa shape index (κ2) is 12.9. The van der Waals surface area contributed by atoms with Crippen LogP contribution in [-0.4, -0.2) is 87.1 Å². The smallest absolute Gasteiger partial charge is 0.303 e. The Hall–Kier alpha value is -1.20. The SMILES string of the molecule is CCN(CC1CCN(C(CC=O)[N+](C)(C)S(C)(=O)=O)CC1)C(C)Cc1cccc(C(F)(F)F)c1.Cl. The van der Waals surface area contributed by atoms with Crippen LogP contribution >= 0.6 is 12.4 Å². The molecule has 0 N–H and O–H groups in total. The molecule has 1 aliphatic rings. The van der Waals surface area contributed by atoms with E-state index in [1.807, 2.05) is 6.92 Å². The fourth-order valence-corrected chi connectivity index (χ4v) is 5.50. The van der Waals surface area contributed by atoms with Crippen LogP contribution in [-0.2, 0) is 27.4 Å². The monoisotopic (exact) mass is 542 g/mol. The molecule has 2 unspecified atom stereocenters. The number of carbonyl (C=O) groups excluding carboxylic acids is 1. The number of piperidine rings is 1. The summed E-state index contributed by atoms with van der Waals surface area (Å²) in [4.78, 5) is 15.7. The Bertz CT molecular complexity index is 920. The number of carbonyl (C=O) groups is 1. The second-order valence-corrected chi connectivity index (χ2v) is 12.3. The van der Waals surface area contributed by atoms with E-state index in [4.69, 9.17) is 0 Å². The first-order valence-corrected chi connectivity index (χ1v) is 13.7. The van der Waals surface area contributed by atoms with Crippen molar-refractivity contribution in [3.8, 4) is 0 Å². The van der Waals surface area contributed by atoms with Crippen LogP contribution in [0.1, 0.15) is 44.2 Å². The lowest BCUT2D eigenvalue weighted by atomic mass is 9.94. The van der Waals surface area contributed by atoms with Gasteiger partial charge in [0.25, 0.3) is 10.0 Å². The van der Waals surface area contributed by atoms with Crippen molar-refractivity contribution >= 4 is 28.7 Å². The molecule has 35 heavy (non-hydrogen) atoms. The summed E-state index contributed by atoms with van der Waals surface area (Å²) in [6, 6.07) is 5.63. The van der Waals surface area contributed by atoms with Gasteiger partial charge in [-0.3, -0.25) is 4.90 Å². The topological polar surface area (TPSA) is 57.7 Å². The molecule has 2 rings (SSSR count). The number of likely N-dealkylation sites (tertiary alicyclic amines) is 1. The predicted octanol–water partition coefficient (Wildman–Crippen LogP) is 4.04. The summed E-state index contributed by atoms with van der Waals surface area (Å²) in [5, 5.41) is 0. The zero-order valence-corrected chi connectivity index (χ0v) is 22.9. The summed E-state index contributed by atoms with van der Waals surface area (Å²) < 4.78 is 63.5. The summed E-state index contributed by atoms with van der Waals surface area (Å²) in [6.07, 6.45) is -0.325. The molecule has 202 valence electrons. The number of rotatable bonds is 11. The molecule has 0 aromatic heterocycles. The molecule has 1 aliphatic heterocycles. The number of hydrogen-bond donors (Lipinski definition) is 0. The van der Waals surface area contributed by atoms with Gasteiger partial charge in [-0.2, -0.15) is 21.6 Å². The van der Waals surface area contributed by atoms with Crippen molar-refractivity contribution in [1.29, 1.82) is 0 Å². The number of aldehydes is 1. The lowest BCUT2D eigenvalue weighted by Crippen LogP contribution is -2.61. The highest BCUT2D eigenvalue weighted by Gasteiger charge is 2.42. The van der Waals surface area contributed by atoms with Crippen molar-refractivity contribution in [3.63, 3.8) is 0 Å². The maximum absolute atomic E-state index is 13.0. The van der Waals surface area contributed by atoms with Crippen LogP contribution in [0, 0.1) is 5.92 Å². The Kier molecular flexibility index (Phi) is 11.7. The van der Waals surface area contributed by atoms with Crippen LogP contribution < -0.4 is 0 Å². The van der Waals surface area contributed by atoms with Gasteiger partial charge in [0, 0.05) is 25.7 Å². The molecule has 1 aromatic carbocycles. The van der Waals surface area contributed by atoms with Gasteiger partial charge < -0.3 is 9.69 Å². The number of nitrogens with zero attached hydrogens (tertiary/aromatic N) is 3. The molecule has 11 heteroatoms. The van der Waals surface area contributed by atoms with Crippen LogP contribution in [0.4, 0.5) is 13.2 Å². The molecule has 0 saturated carbocycles. The first-order valence-electron chi connectivity index (χ1n) is 11.8. The molecule has 6 nitrogen and oxygen atoms in total. The third-order valence-corrected chi connectivity index (χ3v) is 9.21. The highest BCUT2D eigenvalue weighted by atomic mass is 35.5. The summed E-state index contributed by atoms with van der Waals surface area (Å²) in [5.41, 5.74) is 0.0565. The van der Waals surface area contributed by atoms with E-state index >= 15 is 0 Å². The van der Waals surface area contributed by atoms with E-state index in [9.17, 15) is 26.4 Å². The lowest BCUT2D eigenvalue weighted by Gasteiger charge is -2.44. The minimum Gasteiger partial charge on any atom is -0.303 e. The Morgan fingerprint density at radius 3 is 2.31 bits per heavy atom. The van der Waals surface area contributed by atoms with Gasteiger partial charge in [-0.15, -0.1) is 12.4 Å². The first kappa shape index (κ1) is 31.8. The van der Waals surface area contributed by atoms with Gasteiger partial charge >= 0.3 is 6.18 Å². The van der Waals surface area contributed by atoms with Crippen LogP contribution in [0.2, 0.25) is 0 Å². The van der Waals surface area contributed by atoms with E-state index < -0.39 is 27.9 Å². The maximum atomic E-state index is 13.0. The molecule has 0 bridgehead atoms. The minimum atomic E-state index is -4.34. The fraction of sp³-hybridized carbons (Fsp3) is 0.708. The number of hydrogen-bond acceptors (Lipinski definition) is 5. The highest BCUT2D eigenvalue weighted by Crippen LogP contribution is 2.30. The summed E-state index contributed by atoms with van der Waals surface area (Å²) in [7, 11) is -0.147. The molecule has 0 amide bonds. The molecule has 0 spiro atoms. The number of quaternary nitrogens is 1. The second-order valence-electron chi connectivity index (χ2n) is 9.87. The van der Waals surface area contributed by atoms with Crippen LogP contribution in [0.5, 0.6) is 0 Å². The number of likely N-dealkylation sites (N-methyl/N-ethyl adjacent to an activating group) is 1. The Morgan fingerprint density at radius 1 is 1.23 bits per heavy atom. The van der Waals surface area contributed by atoms with Crippen LogP contribution in [0.25, 0.3) is 0 Å². The van der Waals surface area contributed by atoms with Gasteiger partial charge in [0.2, 0.25) is 0 Å². The third kappa shape index (κ3) is 8.42. The Balaban J connectivity index is 0.00000612.